The largest absolute Gasteiger partial charge is 0.329 e. The van der Waals surface area contributed by atoms with Crippen LogP contribution < -0.4 is 10.5 Å². The minimum atomic E-state index is -3.24. The molecule has 0 aliphatic carbocycles. The Morgan fingerprint density at radius 1 is 1.05 bits per heavy atom. The van der Waals surface area contributed by atoms with E-state index in [4.69, 9.17) is 5.73 Å². The summed E-state index contributed by atoms with van der Waals surface area (Å²) in [6.07, 6.45) is 0.501. The van der Waals surface area contributed by atoms with Crippen molar-refractivity contribution in [1.82, 2.24) is 4.72 Å². The van der Waals surface area contributed by atoms with E-state index in [9.17, 15) is 8.42 Å². The van der Waals surface area contributed by atoms with Gasteiger partial charge in [0, 0.05) is 13.1 Å². The zero-order valence-corrected chi connectivity index (χ0v) is 11.5. The van der Waals surface area contributed by atoms with Gasteiger partial charge in [-0.05, 0) is 22.8 Å². The monoisotopic (exact) mass is 278 g/mol. The third kappa shape index (κ3) is 3.76. The molecular formula is C14H18N2O2S. The Morgan fingerprint density at radius 2 is 1.79 bits per heavy atom. The van der Waals surface area contributed by atoms with Gasteiger partial charge in [-0.1, -0.05) is 42.5 Å². The van der Waals surface area contributed by atoms with Crippen molar-refractivity contribution in [2.45, 2.75) is 6.42 Å². The van der Waals surface area contributed by atoms with Crippen molar-refractivity contribution in [1.29, 1.82) is 0 Å². The quantitative estimate of drug-likeness (QED) is 0.835. The van der Waals surface area contributed by atoms with E-state index in [1.54, 1.807) is 0 Å². The van der Waals surface area contributed by atoms with E-state index in [1.165, 1.54) is 0 Å². The van der Waals surface area contributed by atoms with Crippen LogP contribution in [-0.4, -0.2) is 27.3 Å². The number of aryl methyl sites for hydroxylation is 1. The van der Waals surface area contributed by atoms with Crippen molar-refractivity contribution in [3.05, 3.63) is 48.0 Å². The zero-order valence-electron chi connectivity index (χ0n) is 10.7. The summed E-state index contributed by atoms with van der Waals surface area (Å²) in [5, 5.41) is 2.24. The molecule has 5 heteroatoms. The average Bonchev–Trinajstić information content (AvgIpc) is 2.43. The molecule has 0 radical (unpaired) electrons. The second-order valence-corrected chi connectivity index (χ2v) is 6.32. The first-order valence-corrected chi connectivity index (χ1v) is 7.92. The number of rotatable bonds is 6. The number of sulfonamides is 1. The summed E-state index contributed by atoms with van der Waals surface area (Å²) in [4.78, 5) is 0. The Hall–Kier alpha value is -1.43. The molecule has 0 fully saturated rings. The smallest absolute Gasteiger partial charge is 0.211 e. The van der Waals surface area contributed by atoms with Crippen LogP contribution in [-0.2, 0) is 16.4 Å². The molecule has 2 aromatic rings. The highest BCUT2D eigenvalue weighted by Crippen LogP contribution is 2.19. The van der Waals surface area contributed by atoms with E-state index in [-0.39, 0.29) is 12.3 Å². The Morgan fingerprint density at radius 3 is 2.58 bits per heavy atom. The van der Waals surface area contributed by atoms with Crippen LogP contribution in [0.1, 0.15) is 5.56 Å². The number of nitrogens with two attached hydrogens (primary N) is 1. The molecule has 102 valence electrons. The minimum Gasteiger partial charge on any atom is -0.329 e. The molecule has 0 unspecified atom stereocenters. The molecular weight excluding hydrogens is 260 g/mol. The SMILES string of the molecule is NCCNS(=O)(=O)CCc1cccc2ccccc12. The normalized spacial score (nSPS) is 11.8. The van der Waals surface area contributed by atoms with Crippen LogP contribution >= 0.6 is 0 Å². The molecule has 0 aliphatic heterocycles. The first-order chi connectivity index (χ1) is 9.12. The third-order valence-corrected chi connectivity index (χ3v) is 4.37. The fraction of sp³-hybridized carbons (Fsp3) is 0.286. The van der Waals surface area contributed by atoms with Gasteiger partial charge in [0.05, 0.1) is 5.75 Å². The molecule has 0 saturated heterocycles. The van der Waals surface area contributed by atoms with Crippen LogP contribution in [0, 0.1) is 0 Å². The molecule has 0 amide bonds. The number of benzene rings is 2. The maximum absolute atomic E-state index is 11.7. The lowest BCUT2D eigenvalue weighted by Crippen LogP contribution is -2.31. The molecule has 0 saturated carbocycles. The molecule has 0 spiro atoms. The zero-order chi connectivity index (χ0) is 13.7. The Labute approximate surface area is 113 Å². The fourth-order valence-electron chi connectivity index (χ4n) is 2.04. The minimum absolute atomic E-state index is 0.0843. The van der Waals surface area contributed by atoms with Gasteiger partial charge in [-0.15, -0.1) is 0 Å². The average molecular weight is 278 g/mol. The molecule has 4 nitrogen and oxygen atoms in total. The first-order valence-electron chi connectivity index (χ1n) is 6.26. The summed E-state index contributed by atoms with van der Waals surface area (Å²) in [7, 11) is -3.24. The van der Waals surface area contributed by atoms with Crippen LogP contribution in [0.3, 0.4) is 0 Å². The van der Waals surface area contributed by atoms with Crippen LogP contribution in [0.15, 0.2) is 42.5 Å². The number of fused-ring (bicyclic) bond motifs is 1. The van der Waals surface area contributed by atoms with E-state index in [0.29, 0.717) is 13.0 Å². The standard InChI is InChI=1S/C14H18N2O2S/c15-9-10-16-19(17,18)11-8-13-6-3-5-12-4-1-2-7-14(12)13/h1-7,16H,8-11,15H2. The van der Waals surface area contributed by atoms with Crippen LogP contribution in [0.2, 0.25) is 0 Å². The van der Waals surface area contributed by atoms with Gasteiger partial charge in [-0.3, -0.25) is 0 Å². The predicted octanol–water partition coefficient (Wildman–Crippen LogP) is 1.26. The highest BCUT2D eigenvalue weighted by atomic mass is 32.2. The van der Waals surface area contributed by atoms with Gasteiger partial charge in [-0.2, -0.15) is 0 Å². The number of nitrogens with one attached hydrogen (secondary N) is 1. The molecule has 0 atom stereocenters. The number of hydrogen-bond acceptors (Lipinski definition) is 3. The second-order valence-electron chi connectivity index (χ2n) is 4.39. The maximum atomic E-state index is 11.7. The van der Waals surface area contributed by atoms with Crippen LogP contribution in [0.4, 0.5) is 0 Å². The lowest BCUT2D eigenvalue weighted by atomic mass is 10.0. The van der Waals surface area contributed by atoms with Gasteiger partial charge in [0.15, 0.2) is 0 Å². The highest BCUT2D eigenvalue weighted by Gasteiger charge is 2.10. The molecule has 0 heterocycles. The van der Waals surface area contributed by atoms with Gasteiger partial charge in [0.25, 0.3) is 0 Å². The molecule has 0 aliphatic rings. The van der Waals surface area contributed by atoms with Crippen molar-refractivity contribution in [2.75, 3.05) is 18.8 Å². The van der Waals surface area contributed by atoms with Crippen LogP contribution in [0.25, 0.3) is 10.8 Å². The molecule has 0 bridgehead atoms. The molecule has 2 rings (SSSR count). The predicted molar refractivity (Wildman–Crippen MR) is 78.5 cm³/mol. The first kappa shape index (κ1) is 14.0. The topological polar surface area (TPSA) is 72.2 Å². The van der Waals surface area contributed by atoms with Gasteiger partial charge in [0.1, 0.15) is 0 Å². The van der Waals surface area contributed by atoms with Crippen molar-refractivity contribution in [3.63, 3.8) is 0 Å². The van der Waals surface area contributed by atoms with E-state index in [1.807, 2.05) is 42.5 Å². The van der Waals surface area contributed by atoms with Gasteiger partial charge in [-0.25, -0.2) is 13.1 Å². The van der Waals surface area contributed by atoms with Crippen molar-refractivity contribution < 1.29 is 8.42 Å². The van der Waals surface area contributed by atoms with Gasteiger partial charge >= 0.3 is 0 Å². The maximum Gasteiger partial charge on any atom is 0.211 e. The van der Waals surface area contributed by atoms with E-state index < -0.39 is 10.0 Å². The second kappa shape index (κ2) is 6.14. The number of hydrogen-bond donors (Lipinski definition) is 2. The van der Waals surface area contributed by atoms with E-state index in [0.717, 1.165) is 16.3 Å². The Kier molecular flexibility index (Phi) is 4.52. The summed E-state index contributed by atoms with van der Waals surface area (Å²) in [5.41, 5.74) is 6.34. The molecule has 0 aromatic heterocycles. The Bertz CT molecular complexity index is 648. The lowest BCUT2D eigenvalue weighted by Gasteiger charge is -2.08. The van der Waals surface area contributed by atoms with E-state index in [2.05, 4.69) is 4.72 Å². The van der Waals surface area contributed by atoms with Gasteiger partial charge < -0.3 is 5.73 Å². The third-order valence-electron chi connectivity index (χ3n) is 2.99. The van der Waals surface area contributed by atoms with Gasteiger partial charge in [0.2, 0.25) is 10.0 Å². The van der Waals surface area contributed by atoms with Crippen molar-refractivity contribution in [2.24, 2.45) is 5.73 Å². The lowest BCUT2D eigenvalue weighted by molar-refractivity contribution is 0.581. The highest BCUT2D eigenvalue weighted by molar-refractivity contribution is 7.89. The summed E-state index contributed by atoms with van der Waals surface area (Å²) in [6, 6.07) is 13.9. The summed E-state index contributed by atoms with van der Waals surface area (Å²) in [6.45, 7) is 0.603. The van der Waals surface area contributed by atoms with Crippen molar-refractivity contribution >= 4 is 20.8 Å². The van der Waals surface area contributed by atoms with Crippen LogP contribution in [0.5, 0.6) is 0 Å². The summed E-state index contributed by atoms with van der Waals surface area (Å²) < 4.78 is 25.9. The summed E-state index contributed by atoms with van der Waals surface area (Å²) >= 11 is 0. The summed E-state index contributed by atoms with van der Waals surface area (Å²) in [5.74, 6) is 0.0843. The fourth-order valence-corrected chi connectivity index (χ4v) is 3.10. The van der Waals surface area contributed by atoms with Crippen molar-refractivity contribution in [3.8, 4) is 0 Å². The molecule has 19 heavy (non-hydrogen) atoms. The molecule has 3 N–H and O–H groups in total. The molecule has 2 aromatic carbocycles. The van der Waals surface area contributed by atoms with E-state index >= 15 is 0 Å². The Balaban J connectivity index is 2.14.